The number of carboxylic acids is 1. The van der Waals surface area contributed by atoms with E-state index in [1.165, 1.54) is 6.07 Å². The molecule has 0 aliphatic carbocycles. The van der Waals surface area contributed by atoms with E-state index in [4.69, 9.17) is 0 Å². The number of carbonyl (C=O) groups excluding carboxylic acids is 1. The first-order valence-corrected chi connectivity index (χ1v) is 12.5. The predicted octanol–water partition coefficient (Wildman–Crippen LogP) is 3.77. The number of imidazole rings is 1. The molecule has 1 aromatic heterocycles. The predicted molar refractivity (Wildman–Crippen MR) is 137 cm³/mol. The Kier molecular flexibility index (Phi) is 8.17. The molecule has 0 radical (unpaired) electrons. The number of aromatic nitrogens is 2. The molecule has 0 saturated carbocycles. The number of halogens is 2. The zero-order valence-electron chi connectivity index (χ0n) is 19.7. The lowest BCUT2D eigenvalue weighted by Gasteiger charge is -2.33. The van der Waals surface area contributed by atoms with Crippen molar-refractivity contribution in [2.75, 3.05) is 18.0 Å². The number of nitro groups is 1. The highest BCUT2D eigenvalue weighted by Crippen LogP contribution is 2.35. The van der Waals surface area contributed by atoms with Crippen molar-refractivity contribution in [3.05, 3.63) is 86.7 Å². The van der Waals surface area contributed by atoms with Gasteiger partial charge in [0.15, 0.2) is 0 Å². The van der Waals surface area contributed by atoms with Crippen LogP contribution in [-0.4, -0.2) is 50.6 Å². The van der Waals surface area contributed by atoms with Crippen LogP contribution < -0.4 is 10.2 Å². The molecule has 1 amide bonds. The number of aliphatic carboxylic acids is 1. The van der Waals surface area contributed by atoms with Crippen molar-refractivity contribution in [3.8, 4) is 0 Å². The number of carboxylic acid groups (broad SMARTS) is 1. The number of carbonyl (C=O) groups is 2. The summed E-state index contributed by atoms with van der Waals surface area (Å²) < 4.78 is 15.8. The molecule has 2 N–H and O–H groups in total. The SMILES string of the molecule is O=C(NC(Cc1cn(Cc2ccccc2)cn1)C(=O)O)C1CCN(c2cc(Br)c(F)cc2[N+](=O)[O-])CC1. The quantitative estimate of drug-likeness (QED) is 0.294. The highest BCUT2D eigenvalue weighted by Gasteiger charge is 2.31. The second-order valence-electron chi connectivity index (χ2n) is 8.90. The molecule has 1 fully saturated rings. The molecule has 194 valence electrons. The molecule has 1 saturated heterocycles. The second kappa shape index (κ2) is 11.5. The first kappa shape index (κ1) is 26.3. The third-order valence-corrected chi connectivity index (χ3v) is 6.95. The van der Waals surface area contributed by atoms with Crippen LogP contribution in [0.15, 0.2) is 59.5 Å². The van der Waals surface area contributed by atoms with Crippen LogP contribution in [0.5, 0.6) is 0 Å². The van der Waals surface area contributed by atoms with Gasteiger partial charge < -0.3 is 19.9 Å². The summed E-state index contributed by atoms with van der Waals surface area (Å²) in [6.45, 7) is 1.26. The molecule has 37 heavy (non-hydrogen) atoms. The van der Waals surface area contributed by atoms with E-state index in [-0.39, 0.29) is 28.2 Å². The van der Waals surface area contributed by atoms with Crippen molar-refractivity contribution >= 4 is 39.2 Å². The third-order valence-electron chi connectivity index (χ3n) is 6.34. The van der Waals surface area contributed by atoms with Gasteiger partial charge in [0.25, 0.3) is 5.69 Å². The number of nitrogens with one attached hydrogen (secondary N) is 1. The van der Waals surface area contributed by atoms with Gasteiger partial charge in [0.1, 0.15) is 17.5 Å². The summed E-state index contributed by atoms with van der Waals surface area (Å²) in [7, 11) is 0. The average molecular weight is 574 g/mol. The average Bonchev–Trinajstić information content (AvgIpc) is 3.32. The standard InChI is InChI=1S/C25H25BrFN5O5/c26-19-11-22(23(32(36)37)12-20(19)27)31-8-6-17(7-9-31)24(33)29-21(25(34)35)10-18-14-30(15-28-18)13-16-4-2-1-3-5-16/h1-5,11-12,14-15,17,21H,6-10,13H2,(H,29,33)(H,34,35). The van der Waals surface area contributed by atoms with Crippen LogP contribution in [0.2, 0.25) is 0 Å². The van der Waals surface area contributed by atoms with Crippen molar-refractivity contribution in [2.24, 2.45) is 5.92 Å². The van der Waals surface area contributed by atoms with Gasteiger partial charge in [0.2, 0.25) is 5.91 Å². The van der Waals surface area contributed by atoms with E-state index in [1.54, 1.807) is 17.4 Å². The molecule has 1 atom stereocenters. The molecule has 2 aromatic carbocycles. The smallest absolute Gasteiger partial charge is 0.326 e. The summed E-state index contributed by atoms with van der Waals surface area (Å²) in [6, 6.07) is 10.9. The molecule has 2 heterocycles. The van der Waals surface area contributed by atoms with Crippen LogP contribution in [-0.2, 0) is 22.6 Å². The van der Waals surface area contributed by atoms with E-state index in [1.807, 2.05) is 34.9 Å². The zero-order chi connectivity index (χ0) is 26.5. The molecule has 10 nitrogen and oxygen atoms in total. The number of hydrogen-bond acceptors (Lipinski definition) is 6. The van der Waals surface area contributed by atoms with E-state index < -0.39 is 28.7 Å². The lowest BCUT2D eigenvalue weighted by Crippen LogP contribution is -2.47. The van der Waals surface area contributed by atoms with Gasteiger partial charge in [-0.05, 0) is 40.4 Å². The van der Waals surface area contributed by atoms with Crippen LogP contribution in [0.1, 0.15) is 24.1 Å². The molecule has 0 spiro atoms. The highest BCUT2D eigenvalue weighted by atomic mass is 79.9. The van der Waals surface area contributed by atoms with Gasteiger partial charge in [-0.15, -0.1) is 0 Å². The molecule has 0 bridgehead atoms. The Balaban J connectivity index is 1.35. The lowest BCUT2D eigenvalue weighted by atomic mass is 9.94. The molecule has 4 rings (SSSR count). The van der Waals surface area contributed by atoms with Crippen LogP contribution in [0.4, 0.5) is 15.8 Å². The summed E-state index contributed by atoms with van der Waals surface area (Å²) in [6.07, 6.45) is 4.18. The summed E-state index contributed by atoms with van der Waals surface area (Å²) in [5.74, 6) is -2.72. The Bertz CT molecular complexity index is 1290. The maximum absolute atomic E-state index is 13.8. The summed E-state index contributed by atoms with van der Waals surface area (Å²) in [4.78, 5) is 41.5. The zero-order valence-corrected chi connectivity index (χ0v) is 21.3. The number of amides is 1. The van der Waals surface area contributed by atoms with Gasteiger partial charge in [0.05, 0.1) is 27.5 Å². The lowest BCUT2D eigenvalue weighted by molar-refractivity contribution is -0.384. The monoisotopic (exact) mass is 573 g/mol. The number of hydrogen-bond donors (Lipinski definition) is 2. The first-order valence-electron chi connectivity index (χ1n) is 11.7. The van der Waals surface area contributed by atoms with Gasteiger partial charge in [-0.1, -0.05) is 30.3 Å². The summed E-state index contributed by atoms with van der Waals surface area (Å²) in [5.41, 5.74) is 1.56. The maximum atomic E-state index is 13.8. The van der Waals surface area contributed by atoms with Crippen LogP contribution in [0.25, 0.3) is 0 Å². The molecule has 12 heteroatoms. The minimum absolute atomic E-state index is 0.0392. The van der Waals surface area contributed by atoms with Gasteiger partial charge in [0, 0.05) is 38.2 Å². The first-order chi connectivity index (χ1) is 17.7. The van der Waals surface area contributed by atoms with E-state index >= 15 is 0 Å². The van der Waals surface area contributed by atoms with Crippen LogP contribution >= 0.6 is 15.9 Å². The summed E-state index contributed by atoms with van der Waals surface area (Å²) >= 11 is 3.07. The normalized spacial score (nSPS) is 14.8. The van der Waals surface area contributed by atoms with Crippen LogP contribution in [0.3, 0.4) is 0 Å². The van der Waals surface area contributed by atoms with E-state index in [9.17, 15) is 29.2 Å². The van der Waals surface area contributed by atoms with Gasteiger partial charge >= 0.3 is 5.97 Å². The Labute approximate surface area is 220 Å². The van der Waals surface area contributed by atoms with Gasteiger partial charge in [-0.2, -0.15) is 0 Å². The van der Waals surface area contributed by atoms with Crippen molar-refractivity contribution in [3.63, 3.8) is 0 Å². The van der Waals surface area contributed by atoms with E-state index in [0.29, 0.717) is 38.2 Å². The Morgan fingerprint density at radius 3 is 2.59 bits per heavy atom. The minimum atomic E-state index is -1.16. The van der Waals surface area contributed by atoms with Gasteiger partial charge in [-0.3, -0.25) is 14.9 Å². The maximum Gasteiger partial charge on any atom is 0.326 e. The number of benzene rings is 2. The molecular weight excluding hydrogens is 549 g/mol. The number of rotatable bonds is 9. The van der Waals surface area contributed by atoms with E-state index in [0.717, 1.165) is 11.6 Å². The van der Waals surface area contributed by atoms with Crippen molar-refractivity contribution in [1.82, 2.24) is 14.9 Å². The number of nitrogens with zero attached hydrogens (tertiary/aromatic N) is 4. The Morgan fingerprint density at radius 1 is 1.24 bits per heavy atom. The molecular formula is C25H25BrFN5O5. The summed E-state index contributed by atoms with van der Waals surface area (Å²) in [5, 5.41) is 23.7. The number of piperidine rings is 1. The fourth-order valence-corrected chi connectivity index (χ4v) is 4.73. The largest absolute Gasteiger partial charge is 0.480 e. The Hall–Kier alpha value is -3.80. The molecule has 3 aromatic rings. The molecule has 1 unspecified atom stereocenters. The van der Waals surface area contributed by atoms with Crippen LogP contribution in [0, 0.1) is 21.8 Å². The fraction of sp³-hybridized carbons (Fsp3) is 0.320. The fourth-order valence-electron chi connectivity index (χ4n) is 4.40. The van der Waals surface area contributed by atoms with Crippen molar-refractivity contribution in [2.45, 2.75) is 31.8 Å². The molecule has 1 aliphatic heterocycles. The Morgan fingerprint density at radius 2 is 1.95 bits per heavy atom. The van der Waals surface area contributed by atoms with E-state index in [2.05, 4.69) is 26.2 Å². The number of nitro benzene ring substituents is 1. The second-order valence-corrected chi connectivity index (χ2v) is 9.75. The topological polar surface area (TPSA) is 131 Å². The highest BCUT2D eigenvalue weighted by molar-refractivity contribution is 9.10. The van der Waals surface area contributed by atoms with Crippen molar-refractivity contribution < 1.29 is 24.0 Å². The minimum Gasteiger partial charge on any atom is -0.480 e. The number of anilines is 1. The van der Waals surface area contributed by atoms with Crippen molar-refractivity contribution in [1.29, 1.82) is 0 Å². The third kappa shape index (κ3) is 6.50. The molecule has 1 aliphatic rings. The van der Waals surface area contributed by atoms with Gasteiger partial charge in [-0.25, -0.2) is 14.2 Å².